The summed E-state index contributed by atoms with van der Waals surface area (Å²) in [4.78, 5) is 4.56. The number of sulfonamides is 1. The van der Waals surface area contributed by atoms with Gasteiger partial charge >= 0.3 is 0 Å². The minimum absolute atomic E-state index is 0.0149. The summed E-state index contributed by atoms with van der Waals surface area (Å²) in [6.45, 7) is 2.34. The minimum Gasteiger partial charge on any atom is -0.261 e. The molecule has 1 aliphatic heterocycles. The first-order chi connectivity index (χ1) is 14.8. The molecule has 0 amide bonds. The number of nitrogens with zero attached hydrogens (tertiary/aromatic N) is 2. The average molecular weight is 443 g/mol. The first-order valence-electron chi connectivity index (χ1n) is 10.3. The Labute approximate surface area is 181 Å². The summed E-state index contributed by atoms with van der Waals surface area (Å²) in [6, 6.07) is 14.3. The van der Waals surface area contributed by atoms with Crippen LogP contribution in [0.4, 0.5) is 8.78 Å². The van der Waals surface area contributed by atoms with Crippen molar-refractivity contribution in [2.24, 2.45) is 0 Å². The van der Waals surface area contributed by atoms with Gasteiger partial charge in [0.15, 0.2) is 0 Å². The van der Waals surface area contributed by atoms with Crippen molar-refractivity contribution in [2.45, 2.75) is 37.0 Å². The van der Waals surface area contributed by atoms with Crippen LogP contribution >= 0.6 is 0 Å². The van der Waals surface area contributed by atoms with Crippen molar-refractivity contribution in [3.63, 3.8) is 0 Å². The van der Waals surface area contributed by atoms with Crippen LogP contribution in [0.15, 0.2) is 65.7 Å². The molecule has 1 atom stereocenters. The second-order valence-corrected chi connectivity index (χ2v) is 9.95. The van der Waals surface area contributed by atoms with E-state index in [4.69, 9.17) is 0 Å². The first kappa shape index (κ1) is 21.6. The number of aromatic nitrogens is 1. The second-order valence-electron chi connectivity index (χ2n) is 8.01. The van der Waals surface area contributed by atoms with Crippen molar-refractivity contribution >= 4 is 10.0 Å². The van der Waals surface area contributed by atoms with Crippen molar-refractivity contribution in [1.82, 2.24) is 9.29 Å². The fourth-order valence-electron chi connectivity index (χ4n) is 3.91. The van der Waals surface area contributed by atoms with E-state index in [0.29, 0.717) is 25.1 Å². The van der Waals surface area contributed by atoms with Crippen LogP contribution in [0.3, 0.4) is 0 Å². The lowest BCUT2D eigenvalue weighted by Crippen LogP contribution is -2.39. The monoisotopic (exact) mass is 442 g/mol. The van der Waals surface area contributed by atoms with Gasteiger partial charge in [-0.1, -0.05) is 24.3 Å². The number of pyridine rings is 1. The number of halogens is 2. The highest BCUT2D eigenvalue weighted by atomic mass is 32.2. The van der Waals surface area contributed by atoms with Gasteiger partial charge in [0.25, 0.3) is 0 Å². The number of hydrogen-bond donors (Lipinski definition) is 0. The SMILES string of the molecule is Cc1ccc(S(=O)(=O)N2CCC[C@@H](c3ccc(Cc4ccc(F)cc4)cn3)C2)cc1F. The molecule has 2 aromatic carbocycles. The Morgan fingerprint density at radius 3 is 2.45 bits per heavy atom. The Bertz CT molecular complexity index is 1160. The highest BCUT2D eigenvalue weighted by molar-refractivity contribution is 7.89. The van der Waals surface area contributed by atoms with Gasteiger partial charge in [-0.15, -0.1) is 0 Å². The molecule has 31 heavy (non-hydrogen) atoms. The topological polar surface area (TPSA) is 50.3 Å². The Hall–Kier alpha value is -2.64. The quantitative estimate of drug-likeness (QED) is 0.569. The second kappa shape index (κ2) is 8.85. The summed E-state index contributed by atoms with van der Waals surface area (Å²) in [7, 11) is -3.76. The maximum atomic E-state index is 13.9. The number of rotatable bonds is 5. The van der Waals surface area contributed by atoms with Gasteiger partial charge in [0.1, 0.15) is 11.6 Å². The minimum atomic E-state index is -3.76. The first-order valence-corrected chi connectivity index (χ1v) is 11.7. The zero-order valence-electron chi connectivity index (χ0n) is 17.3. The largest absolute Gasteiger partial charge is 0.261 e. The van der Waals surface area contributed by atoms with Crippen LogP contribution in [0.25, 0.3) is 0 Å². The molecule has 0 unspecified atom stereocenters. The highest BCUT2D eigenvalue weighted by Crippen LogP contribution is 2.30. The molecule has 1 saturated heterocycles. The molecule has 7 heteroatoms. The molecular weight excluding hydrogens is 418 g/mol. The van der Waals surface area contributed by atoms with Gasteiger partial charge in [0.2, 0.25) is 10.0 Å². The Morgan fingerprint density at radius 2 is 1.77 bits per heavy atom. The van der Waals surface area contributed by atoms with Gasteiger partial charge in [-0.2, -0.15) is 4.31 Å². The van der Waals surface area contributed by atoms with E-state index in [0.717, 1.165) is 35.7 Å². The lowest BCUT2D eigenvalue weighted by Gasteiger charge is -2.31. The molecular formula is C24H24F2N2O2S. The normalized spacial score (nSPS) is 17.6. The van der Waals surface area contributed by atoms with Gasteiger partial charge in [-0.05, 0) is 73.2 Å². The summed E-state index contributed by atoms with van der Waals surface area (Å²) in [5.41, 5.74) is 3.26. The molecule has 2 heterocycles. The Kier molecular flexibility index (Phi) is 6.16. The molecule has 0 saturated carbocycles. The van der Waals surface area contributed by atoms with Crippen LogP contribution in [0, 0.1) is 18.6 Å². The van der Waals surface area contributed by atoms with Gasteiger partial charge in [0, 0.05) is 30.9 Å². The maximum Gasteiger partial charge on any atom is 0.243 e. The summed E-state index contributed by atoms with van der Waals surface area (Å²) in [6.07, 6.45) is 4.01. The molecule has 1 aliphatic rings. The van der Waals surface area contributed by atoms with E-state index in [9.17, 15) is 17.2 Å². The van der Waals surface area contributed by atoms with Crippen LogP contribution in [-0.2, 0) is 16.4 Å². The van der Waals surface area contributed by atoms with E-state index in [1.54, 1.807) is 25.3 Å². The molecule has 1 aromatic heterocycles. The standard InChI is InChI=1S/C24H24F2N2O2S/c1-17-4-10-22(14-23(17)26)31(29,30)28-12-2-3-20(16-28)24-11-7-19(15-27-24)13-18-5-8-21(25)9-6-18/h4-11,14-15,20H,2-3,12-13,16H2,1H3/t20-/m1/s1. The number of hydrogen-bond acceptors (Lipinski definition) is 3. The lowest BCUT2D eigenvalue weighted by molar-refractivity contribution is 0.312. The highest BCUT2D eigenvalue weighted by Gasteiger charge is 2.31. The van der Waals surface area contributed by atoms with Crippen LogP contribution in [0.2, 0.25) is 0 Å². The van der Waals surface area contributed by atoms with Crippen LogP contribution in [-0.4, -0.2) is 30.8 Å². The van der Waals surface area contributed by atoms with Crippen molar-refractivity contribution < 1.29 is 17.2 Å². The van der Waals surface area contributed by atoms with Crippen molar-refractivity contribution in [1.29, 1.82) is 0 Å². The van der Waals surface area contributed by atoms with Crippen LogP contribution < -0.4 is 0 Å². The maximum absolute atomic E-state index is 13.9. The van der Waals surface area contributed by atoms with Crippen molar-refractivity contribution in [2.75, 3.05) is 13.1 Å². The molecule has 1 fully saturated rings. The molecule has 162 valence electrons. The predicted octanol–water partition coefficient (Wildman–Crippen LogP) is 4.83. The molecule has 0 N–H and O–H groups in total. The molecule has 0 bridgehead atoms. The third-order valence-electron chi connectivity index (χ3n) is 5.75. The summed E-state index contributed by atoms with van der Waals surface area (Å²) < 4.78 is 54.5. The van der Waals surface area contributed by atoms with E-state index in [1.807, 2.05) is 12.1 Å². The van der Waals surface area contributed by atoms with Crippen LogP contribution in [0.1, 0.15) is 41.1 Å². The van der Waals surface area contributed by atoms with E-state index in [1.165, 1.54) is 28.6 Å². The van der Waals surface area contributed by atoms with E-state index < -0.39 is 15.8 Å². The fraction of sp³-hybridized carbons (Fsp3) is 0.292. The zero-order chi connectivity index (χ0) is 22.0. The van der Waals surface area contributed by atoms with E-state index in [-0.39, 0.29) is 16.6 Å². The average Bonchev–Trinajstić information content (AvgIpc) is 2.78. The van der Waals surface area contributed by atoms with E-state index in [2.05, 4.69) is 4.98 Å². The third-order valence-corrected chi connectivity index (χ3v) is 7.61. The zero-order valence-corrected chi connectivity index (χ0v) is 18.1. The number of piperidine rings is 1. The summed E-state index contributed by atoms with van der Waals surface area (Å²) >= 11 is 0. The van der Waals surface area contributed by atoms with Crippen LogP contribution in [0.5, 0.6) is 0 Å². The summed E-state index contributed by atoms with van der Waals surface area (Å²) in [5.74, 6) is -0.797. The summed E-state index contributed by atoms with van der Waals surface area (Å²) in [5, 5.41) is 0. The number of aryl methyl sites for hydroxylation is 1. The molecule has 0 spiro atoms. The Morgan fingerprint density at radius 1 is 1.03 bits per heavy atom. The molecule has 4 rings (SSSR count). The molecule has 3 aromatic rings. The number of benzene rings is 2. The lowest BCUT2D eigenvalue weighted by atomic mass is 9.95. The van der Waals surface area contributed by atoms with Gasteiger partial charge in [-0.3, -0.25) is 4.98 Å². The third kappa shape index (κ3) is 4.83. The fourth-order valence-corrected chi connectivity index (χ4v) is 5.44. The van der Waals surface area contributed by atoms with Gasteiger partial charge in [-0.25, -0.2) is 17.2 Å². The predicted molar refractivity (Wildman–Crippen MR) is 115 cm³/mol. The molecule has 0 aliphatic carbocycles. The van der Waals surface area contributed by atoms with Crippen molar-refractivity contribution in [3.8, 4) is 0 Å². The molecule has 4 nitrogen and oxygen atoms in total. The van der Waals surface area contributed by atoms with Gasteiger partial charge < -0.3 is 0 Å². The smallest absolute Gasteiger partial charge is 0.243 e. The van der Waals surface area contributed by atoms with Gasteiger partial charge in [0.05, 0.1) is 4.90 Å². The van der Waals surface area contributed by atoms with E-state index >= 15 is 0 Å². The van der Waals surface area contributed by atoms with Crippen molar-refractivity contribution in [3.05, 3.63) is 94.8 Å². The molecule has 0 radical (unpaired) electrons. The Balaban J connectivity index is 1.47.